The molecule has 8 heteroatoms. The van der Waals surface area contributed by atoms with E-state index in [1.165, 1.54) is 89.4 Å². The number of aliphatic hydroxyl groups excluding tert-OH is 2. The number of aliphatic hydroxyl groups is 4. The topological polar surface area (TPSA) is 134 Å². The van der Waals surface area contributed by atoms with Gasteiger partial charge in [0.15, 0.2) is 11.2 Å². The van der Waals surface area contributed by atoms with Crippen LogP contribution in [0, 0.1) is 0 Å². The molecule has 3 rings (SSSR count). The molecule has 0 saturated heterocycles. The van der Waals surface area contributed by atoms with E-state index in [1.807, 2.05) is 0 Å². The number of ether oxygens (including phenoxy) is 2. The fraction of sp³-hybridized carbons (Fsp3) is 0.581. The summed E-state index contributed by atoms with van der Waals surface area (Å²) in [5, 5.41) is 40.3. The molecule has 0 bridgehead atoms. The second-order valence-corrected chi connectivity index (χ2v) is 14.0. The molecule has 0 amide bonds. The summed E-state index contributed by atoms with van der Waals surface area (Å²) in [6.07, 6.45) is 23.8. The Labute approximate surface area is 305 Å². The van der Waals surface area contributed by atoms with Gasteiger partial charge >= 0.3 is 0 Å². The molecule has 0 fully saturated rings. The van der Waals surface area contributed by atoms with Crippen molar-refractivity contribution >= 4 is 11.6 Å². The zero-order chi connectivity index (χ0) is 36.8. The lowest BCUT2D eigenvalue weighted by atomic mass is 9.77. The van der Waals surface area contributed by atoms with Gasteiger partial charge in [-0.3, -0.25) is 9.59 Å². The van der Waals surface area contributed by atoms with Crippen molar-refractivity contribution in [2.75, 3.05) is 26.4 Å². The average Bonchev–Trinajstić information content (AvgIpc) is 3.14. The molecule has 0 aliphatic heterocycles. The van der Waals surface area contributed by atoms with Crippen LogP contribution in [-0.4, -0.2) is 69.6 Å². The highest BCUT2D eigenvalue weighted by atomic mass is 16.5. The van der Waals surface area contributed by atoms with Crippen LogP contribution >= 0.6 is 0 Å². The van der Waals surface area contributed by atoms with Gasteiger partial charge in [0.25, 0.3) is 0 Å². The minimum atomic E-state index is -2.00. The summed E-state index contributed by atoms with van der Waals surface area (Å²) in [7, 11) is 0. The summed E-state index contributed by atoms with van der Waals surface area (Å²) < 4.78 is 11.7. The molecule has 0 aromatic heterocycles. The SMILES string of the molecule is CC1=CC(O)(C(=O)c2ccc(OCCCCCCCCCCCO)cc2)C=CC1(O)C(=O)c1ccc(OCCCCCCCCCCCO)cc1. The molecule has 0 radical (unpaired) electrons. The number of hydrogen-bond acceptors (Lipinski definition) is 8. The van der Waals surface area contributed by atoms with Crippen molar-refractivity contribution in [1.29, 1.82) is 0 Å². The number of hydrogen-bond donors (Lipinski definition) is 4. The van der Waals surface area contributed by atoms with Crippen LogP contribution < -0.4 is 9.47 Å². The highest BCUT2D eigenvalue weighted by Gasteiger charge is 2.44. The molecule has 2 aromatic carbocycles. The van der Waals surface area contributed by atoms with E-state index in [1.54, 1.807) is 48.5 Å². The first kappa shape index (κ1) is 42.1. The standard InChI is InChI=1S/C43H62O8/c1-35-34-42(48,40(46)36-20-24-38(25-21-36)50-32-18-14-10-6-2-4-8-12-16-30-44)28-29-43(35,49)41(47)37-22-26-39(27-23-37)51-33-19-15-11-7-3-5-9-13-17-31-45/h20-29,34,44-45,48-49H,2-19,30-33H2,1H3. The van der Waals surface area contributed by atoms with Crippen molar-refractivity contribution in [2.24, 2.45) is 0 Å². The fourth-order valence-electron chi connectivity index (χ4n) is 6.40. The third-order valence-electron chi connectivity index (χ3n) is 9.70. The maximum Gasteiger partial charge on any atom is 0.202 e. The summed E-state index contributed by atoms with van der Waals surface area (Å²) in [6, 6.07) is 13.3. The first-order valence-electron chi connectivity index (χ1n) is 19.4. The first-order valence-corrected chi connectivity index (χ1v) is 19.4. The van der Waals surface area contributed by atoms with Crippen molar-refractivity contribution in [3.63, 3.8) is 0 Å². The smallest absolute Gasteiger partial charge is 0.202 e. The second kappa shape index (κ2) is 23.3. The van der Waals surface area contributed by atoms with Gasteiger partial charge in [-0.25, -0.2) is 0 Å². The lowest BCUT2D eigenvalue weighted by molar-refractivity contribution is 0.0547. The van der Waals surface area contributed by atoms with Gasteiger partial charge in [-0.1, -0.05) is 89.9 Å². The zero-order valence-electron chi connectivity index (χ0n) is 30.8. The van der Waals surface area contributed by atoms with Crippen LogP contribution in [0.4, 0.5) is 0 Å². The Hall–Kier alpha value is -3.30. The van der Waals surface area contributed by atoms with E-state index in [0.717, 1.165) is 51.4 Å². The first-order chi connectivity index (χ1) is 24.7. The maximum absolute atomic E-state index is 13.4. The molecule has 1 aliphatic carbocycles. The lowest BCUT2D eigenvalue weighted by Crippen LogP contribution is -2.45. The third-order valence-corrected chi connectivity index (χ3v) is 9.70. The minimum Gasteiger partial charge on any atom is -0.494 e. The minimum absolute atomic E-state index is 0.165. The molecular weight excluding hydrogens is 644 g/mol. The number of rotatable bonds is 28. The van der Waals surface area contributed by atoms with Gasteiger partial charge < -0.3 is 29.9 Å². The molecule has 8 nitrogen and oxygen atoms in total. The Bertz CT molecular complexity index is 1350. The molecule has 0 heterocycles. The Kier molecular flexibility index (Phi) is 19.2. The van der Waals surface area contributed by atoms with Gasteiger partial charge in [-0.15, -0.1) is 0 Å². The molecule has 4 N–H and O–H groups in total. The molecule has 282 valence electrons. The molecule has 2 unspecified atom stereocenters. The summed E-state index contributed by atoms with van der Waals surface area (Å²) >= 11 is 0. The van der Waals surface area contributed by atoms with Gasteiger partial charge in [0.05, 0.1) is 13.2 Å². The summed E-state index contributed by atoms with van der Waals surface area (Å²) in [5.74, 6) is 0.183. The number of carbonyl (C=O) groups excluding carboxylic acids is 2. The van der Waals surface area contributed by atoms with Gasteiger partial charge in [0.2, 0.25) is 11.6 Å². The largest absolute Gasteiger partial charge is 0.494 e. The molecule has 2 atom stereocenters. The molecule has 0 saturated carbocycles. The summed E-state index contributed by atoms with van der Waals surface area (Å²) in [5.41, 5.74) is -3.26. The van der Waals surface area contributed by atoms with Crippen LogP contribution in [0.3, 0.4) is 0 Å². The Morgan fingerprint density at radius 2 is 0.863 bits per heavy atom. The highest BCUT2D eigenvalue weighted by molar-refractivity contribution is 6.09. The van der Waals surface area contributed by atoms with Crippen LogP contribution in [0.2, 0.25) is 0 Å². The van der Waals surface area contributed by atoms with Gasteiger partial charge in [-0.2, -0.15) is 0 Å². The number of ketones is 2. The Balaban J connectivity index is 1.40. The van der Waals surface area contributed by atoms with Crippen LogP contribution in [0.5, 0.6) is 11.5 Å². The van der Waals surface area contributed by atoms with Crippen LogP contribution in [0.1, 0.15) is 143 Å². The third kappa shape index (κ3) is 14.3. The van der Waals surface area contributed by atoms with E-state index in [0.29, 0.717) is 30.3 Å². The number of benzene rings is 2. The molecule has 51 heavy (non-hydrogen) atoms. The van der Waals surface area contributed by atoms with E-state index in [2.05, 4.69) is 0 Å². The van der Waals surface area contributed by atoms with Crippen LogP contribution in [0.25, 0.3) is 0 Å². The van der Waals surface area contributed by atoms with Crippen LogP contribution in [0.15, 0.2) is 72.3 Å². The fourth-order valence-corrected chi connectivity index (χ4v) is 6.40. The highest BCUT2D eigenvalue weighted by Crippen LogP contribution is 2.34. The van der Waals surface area contributed by atoms with E-state index in [4.69, 9.17) is 19.7 Å². The second-order valence-electron chi connectivity index (χ2n) is 14.0. The lowest BCUT2D eigenvalue weighted by Gasteiger charge is -2.32. The number of Topliss-reactive ketones (excluding diaryl/α,β-unsaturated/α-hetero) is 2. The predicted octanol–water partition coefficient (Wildman–Crippen LogP) is 8.49. The quantitative estimate of drug-likeness (QED) is 0.0393. The van der Waals surface area contributed by atoms with Crippen molar-refractivity contribution in [1.82, 2.24) is 0 Å². The Morgan fingerprint density at radius 1 is 0.510 bits per heavy atom. The van der Waals surface area contributed by atoms with Gasteiger partial charge in [0.1, 0.15) is 11.5 Å². The molecular formula is C43H62O8. The van der Waals surface area contributed by atoms with E-state index >= 15 is 0 Å². The van der Waals surface area contributed by atoms with Crippen molar-refractivity contribution in [3.05, 3.63) is 83.5 Å². The normalized spacial score (nSPS) is 18.4. The van der Waals surface area contributed by atoms with Crippen molar-refractivity contribution in [2.45, 2.75) is 134 Å². The zero-order valence-corrected chi connectivity index (χ0v) is 30.8. The molecule has 2 aromatic rings. The monoisotopic (exact) mass is 706 g/mol. The van der Waals surface area contributed by atoms with Crippen LogP contribution in [-0.2, 0) is 0 Å². The molecule has 0 spiro atoms. The van der Waals surface area contributed by atoms with E-state index in [-0.39, 0.29) is 24.4 Å². The van der Waals surface area contributed by atoms with E-state index < -0.39 is 22.8 Å². The van der Waals surface area contributed by atoms with Crippen molar-refractivity contribution < 1.29 is 39.5 Å². The Morgan fingerprint density at radius 3 is 1.24 bits per heavy atom. The van der Waals surface area contributed by atoms with Gasteiger partial charge in [-0.05, 0) is 105 Å². The van der Waals surface area contributed by atoms with Crippen molar-refractivity contribution in [3.8, 4) is 11.5 Å². The summed E-state index contributed by atoms with van der Waals surface area (Å²) in [4.78, 5) is 26.8. The van der Waals surface area contributed by atoms with Gasteiger partial charge in [0, 0.05) is 24.3 Å². The maximum atomic E-state index is 13.4. The molecule has 1 aliphatic rings. The average molecular weight is 707 g/mol. The number of unbranched alkanes of at least 4 members (excludes halogenated alkanes) is 16. The summed E-state index contributed by atoms with van der Waals surface area (Å²) in [6.45, 7) is 3.29. The predicted molar refractivity (Wildman–Crippen MR) is 203 cm³/mol. The van der Waals surface area contributed by atoms with E-state index in [9.17, 15) is 19.8 Å². The number of carbonyl (C=O) groups is 2.